The Balaban J connectivity index is 1.93. The highest BCUT2D eigenvalue weighted by Gasteiger charge is 2.17. The lowest BCUT2D eigenvalue weighted by molar-refractivity contribution is 0.189. The summed E-state index contributed by atoms with van der Waals surface area (Å²) in [5.74, 6) is 0. The zero-order valence-corrected chi connectivity index (χ0v) is 11.2. The van der Waals surface area contributed by atoms with Gasteiger partial charge in [0.15, 0.2) is 0 Å². The second kappa shape index (κ2) is 5.51. The third-order valence-corrected chi connectivity index (χ3v) is 3.29. The number of benzene rings is 1. The zero-order valence-electron chi connectivity index (χ0n) is 9.63. The molecule has 4 nitrogen and oxygen atoms in total. The number of rotatable bonds is 2. The summed E-state index contributed by atoms with van der Waals surface area (Å²) in [5, 5.41) is 5.69. The molecule has 1 aromatic carbocycles. The van der Waals surface area contributed by atoms with Gasteiger partial charge in [0.1, 0.15) is 0 Å². The fourth-order valence-corrected chi connectivity index (χ4v) is 2.31. The Morgan fingerprint density at radius 2 is 2.35 bits per heavy atom. The van der Waals surface area contributed by atoms with Crippen molar-refractivity contribution in [2.75, 3.05) is 18.5 Å². The summed E-state index contributed by atoms with van der Waals surface area (Å²) < 4.78 is 6.08. The van der Waals surface area contributed by atoms with E-state index in [2.05, 4.69) is 26.6 Å². The van der Waals surface area contributed by atoms with Gasteiger partial charge in [-0.25, -0.2) is 4.79 Å². The average Bonchev–Trinajstić information content (AvgIpc) is 2.75. The number of hydrogen-bond acceptors (Lipinski definition) is 2. The second-order valence-electron chi connectivity index (χ2n) is 4.14. The molecule has 1 aliphatic heterocycles. The molecule has 1 aromatic rings. The van der Waals surface area contributed by atoms with E-state index in [-0.39, 0.29) is 12.1 Å². The molecule has 1 unspecified atom stereocenters. The van der Waals surface area contributed by atoms with Crippen LogP contribution in [0.1, 0.15) is 12.0 Å². The van der Waals surface area contributed by atoms with Crippen LogP contribution in [0, 0.1) is 6.92 Å². The average molecular weight is 299 g/mol. The standard InChI is InChI=1S/C12H15BrN2O2/c1-8-2-3-11(10(13)6-8)15-12(16)14-9-4-5-17-7-9/h2-3,6,9H,4-5,7H2,1H3,(H2,14,15,16). The van der Waals surface area contributed by atoms with Crippen molar-refractivity contribution in [2.45, 2.75) is 19.4 Å². The summed E-state index contributed by atoms with van der Waals surface area (Å²) in [6, 6.07) is 5.74. The third-order valence-electron chi connectivity index (χ3n) is 2.64. The Labute approximate surface area is 109 Å². The molecule has 1 heterocycles. The van der Waals surface area contributed by atoms with Gasteiger partial charge >= 0.3 is 6.03 Å². The predicted octanol–water partition coefficient (Wildman–Crippen LogP) is 2.67. The molecule has 0 radical (unpaired) electrons. The van der Waals surface area contributed by atoms with Gasteiger partial charge in [0.05, 0.1) is 18.3 Å². The zero-order chi connectivity index (χ0) is 12.3. The number of urea groups is 1. The maximum absolute atomic E-state index is 11.7. The molecule has 1 fully saturated rings. The van der Waals surface area contributed by atoms with Crippen LogP contribution in [0.3, 0.4) is 0 Å². The van der Waals surface area contributed by atoms with Crippen molar-refractivity contribution in [2.24, 2.45) is 0 Å². The molecule has 2 N–H and O–H groups in total. The quantitative estimate of drug-likeness (QED) is 0.882. The molecule has 92 valence electrons. The van der Waals surface area contributed by atoms with Crippen molar-refractivity contribution in [3.8, 4) is 0 Å². The topological polar surface area (TPSA) is 50.4 Å². The van der Waals surface area contributed by atoms with Crippen LogP contribution in [0.25, 0.3) is 0 Å². The lowest BCUT2D eigenvalue weighted by atomic mass is 10.2. The minimum atomic E-state index is -0.190. The number of ether oxygens (including phenoxy) is 1. The molecule has 0 saturated carbocycles. The van der Waals surface area contributed by atoms with Crippen LogP contribution >= 0.6 is 15.9 Å². The number of anilines is 1. The molecule has 5 heteroatoms. The number of carbonyl (C=O) groups is 1. The maximum atomic E-state index is 11.7. The first-order valence-electron chi connectivity index (χ1n) is 5.56. The second-order valence-corrected chi connectivity index (χ2v) is 5.00. The highest BCUT2D eigenvalue weighted by molar-refractivity contribution is 9.10. The summed E-state index contributed by atoms with van der Waals surface area (Å²) in [7, 11) is 0. The van der Waals surface area contributed by atoms with E-state index in [1.807, 2.05) is 25.1 Å². The molecule has 2 amide bonds. The Morgan fingerprint density at radius 3 is 3.00 bits per heavy atom. The van der Waals surface area contributed by atoms with E-state index in [9.17, 15) is 4.79 Å². The van der Waals surface area contributed by atoms with Crippen LogP contribution in [-0.4, -0.2) is 25.3 Å². The van der Waals surface area contributed by atoms with Crippen molar-refractivity contribution >= 4 is 27.6 Å². The molecule has 1 atom stereocenters. The van der Waals surface area contributed by atoms with Crippen LogP contribution in [0.4, 0.5) is 10.5 Å². The Bertz CT molecular complexity index is 417. The minimum absolute atomic E-state index is 0.124. The Hall–Kier alpha value is -1.07. The van der Waals surface area contributed by atoms with Gasteiger partial charge in [-0.2, -0.15) is 0 Å². The van der Waals surface area contributed by atoms with Crippen molar-refractivity contribution in [1.82, 2.24) is 5.32 Å². The summed E-state index contributed by atoms with van der Waals surface area (Å²) in [5.41, 5.74) is 1.92. The highest BCUT2D eigenvalue weighted by atomic mass is 79.9. The molecule has 2 rings (SSSR count). The lowest BCUT2D eigenvalue weighted by Crippen LogP contribution is -2.38. The Kier molecular flexibility index (Phi) is 4.02. The van der Waals surface area contributed by atoms with Gasteiger partial charge in [-0.3, -0.25) is 0 Å². The number of aryl methyl sites for hydroxylation is 1. The van der Waals surface area contributed by atoms with Crippen LogP contribution in [0.5, 0.6) is 0 Å². The summed E-state index contributed by atoms with van der Waals surface area (Å²) in [6.45, 7) is 3.33. The van der Waals surface area contributed by atoms with E-state index >= 15 is 0 Å². The highest BCUT2D eigenvalue weighted by Crippen LogP contribution is 2.23. The fraction of sp³-hybridized carbons (Fsp3) is 0.417. The number of carbonyl (C=O) groups excluding carboxylic acids is 1. The molecule has 0 bridgehead atoms. The van der Waals surface area contributed by atoms with Crippen molar-refractivity contribution < 1.29 is 9.53 Å². The van der Waals surface area contributed by atoms with Gasteiger partial charge in [0.2, 0.25) is 0 Å². The van der Waals surface area contributed by atoms with Crippen LogP contribution < -0.4 is 10.6 Å². The first-order valence-corrected chi connectivity index (χ1v) is 6.36. The first kappa shape index (κ1) is 12.4. The van der Waals surface area contributed by atoms with Gasteiger partial charge in [0.25, 0.3) is 0 Å². The maximum Gasteiger partial charge on any atom is 0.319 e. The fourth-order valence-electron chi connectivity index (χ4n) is 1.71. The summed E-state index contributed by atoms with van der Waals surface area (Å²) >= 11 is 3.42. The molecule has 0 aromatic heterocycles. The molecule has 17 heavy (non-hydrogen) atoms. The van der Waals surface area contributed by atoms with E-state index in [1.165, 1.54) is 0 Å². The molecule has 1 saturated heterocycles. The van der Waals surface area contributed by atoms with Crippen LogP contribution in [0.2, 0.25) is 0 Å². The largest absolute Gasteiger partial charge is 0.379 e. The van der Waals surface area contributed by atoms with Gasteiger partial charge in [0, 0.05) is 11.1 Å². The molecule has 1 aliphatic rings. The van der Waals surface area contributed by atoms with Gasteiger partial charge < -0.3 is 15.4 Å². The predicted molar refractivity (Wildman–Crippen MR) is 70.3 cm³/mol. The van der Waals surface area contributed by atoms with Gasteiger partial charge in [-0.1, -0.05) is 6.07 Å². The molecular formula is C12H15BrN2O2. The molecule has 0 spiro atoms. The third kappa shape index (κ3) is 3.44. The smallest absolute Gasteiger partial charge is 0.319 e. The first-order chi connectivity index (χ1) is 8.15. The number of hydrogen-bond donors (Lipinski definition) is 2. The molecular weight excluding hydrogens is 284 g/mol. The van der Waals surface area contributed by atoms with E-state index < -0.39 is 0 Å². The van der Waals surface area contributed by atoms with Crippen LogP contribution in [0.15, 0.2) is 22.7 Å². The van der Waals surface area contributed by atoms with Crippen molar-refractivity contribution in [1.29, 1.82) is 0 Å². The number of nitrogens with one attached hydrogen (secondary N) is 2. The Morgan fingerprint density at radius 1 is 1.53 bits per heavy atom. The summed E-state index contributed by atoms with van der Waals surface area (Å²) in [4.78, 5) is 11.7. The van der Waals surface area contributed by atoms with Crippen molar-refractivity contribution in [3.63, 3.8) is 0 Å². The monoisotopic (exact) mass is 298 g/mol. The minimum Gasteiger partial charge on any atom is -0.379 e. The SMILES string of the molecule is Cc1ccc(NC(=O)NC2CCOC2)c(Br)c1. The normalized spacial score (nSPS) is 19.1. The lowest BCUT2D eigenvalue weighted by Gasteiger charge is -2.13. The summed E-state index contributed by atoms with van der Waals surface area (Å²) in [6.07, 6.45) is 0.877. The number of amides is 2. The van der Waals surface area contributed by atoms with E-state index in [4.69, 9.17) is 4.74 Å². The van der Waals surface area contributed by atoms with E-state index in [0.717, 1.165) is 28.8 Å². The van der Waals surface area contributed by atoms with Crippen molar-refractivity contribution in [3.05, 3.63) is 28.2 Å². The van der Waals surface area contributed by atoms with Crippen LogP contribution in [-0.2, 0) is 4.74 Å². The molecule has 0 aliphatic carbocycles. The number of halogens is 1. The van der Waals surface area contributed by atoms with E-state index in [1.54, 1.807) is 0 Å². The van der Waals surface area contributed by atoms with E-state index in [0.29, 0.717) is 6.61 Å². The van der Waals surface area contributed by atoms with Gasteiger partial charge in [-0.15, -0.1) is 0 Å². The van der Waals surface area contributed by atoms with Gasteiger partial charge in [-0.05, 0) is 47.0 Å².